The van der Waals surface area contributed by atoms with Crippen molar-refractivity contribution in [3.63, 3.8) is 0 Å². The second kappa shape index (κ2) is 21.3. The molecule has 18 heteroatoms. The second-order valence-corrected chi connectivity index (χ2v) is 32.2. The smallest absolute Gasteiger partial charge is 0.496 e. The van der Waals surface area contributed by atoms with Crippen molar-refractivity contribution in [3.05, 3.63) is 103 Å². The van der Waals surface area contributed by atoms with Crippen molar-refractivity contribution in [3.8, 4) is 45.1 Å². The lowest BCUT2D eigenvalue weighted by molar-refractivity contribution is -0.146. The number of aliphatic carboxylic acids is 1. The minimum atomic E-state index is -1.60. The number of aliphatic hydroxyl groups excluding tert-OH is 1. The van der Waals surface area contributed by atoms with Crippen LogP contribution in [0.3, 0.4) is 0 Å². The molecule has 370 valence electrons. The second-order valence-electron chi connectivity index (χ2n) is 21.0. The molecule has 0 bridgehead atoms. The van der Waals surface area contributed by atoms with Gasteiger partial charge in [0.15, 0.2) is 17.4 Å². The largest absolute Gasteiger partial charge is 0.496 e. The molecule has 0 radical (unpaired) electrons. The number of methoxy groups -OCH3 is 2. The van der Waals surface area contributed by atoms with Gasteiger partial charge in [-0.1, -0.05) is 81.7 Å². The Morgan fingerprint density at radius 3 is 1.64 bits per heavy atom. The number of aromatic nitrogens is 6. The molecule has 0 amide bonds. The monoisotopic (exact) mass is 986 g/mol. The summed E-state index contributed by atoms with van der Waals surface area (Å²) in [6.07, 6.45) is 1.94. The maximum Gasteiger partial charge on any atom is 0.496 e. The van der Waals surface area contributed by atoms with Gasteiger partial charge in [0.2, 0.25) is 0 Å². The summed E-state index contributed by atoms with van der Waals surface area (Å²) >= 11 is 0. The molecule has 0 aliphatic carbocycles. The first-order chi connectivity index (χ1) is 33.1. The highest BCUT2D eigenvalue weighted by atomic mass is 28.3. The number of hydrogen-bond donors (Lipinski definition) is 2. The lowest BCUT2D eigenvalue weighted by atomic mass is 9.80. The molecule has 0 spiro atoms. The number of pyridine rings is 2. The molecule has 1 aliphatic heterocycles. The Morgan fingerprint density at radius 1 is 0.671 bits per heavy atom. The number of rotatable bonds is 18. The molecule has 3 aromatic carbocycles. The number of benzene rings is 3. The van der Waals surface area contributed by atoms with Crippen molar-refractivity contribution < 1.29 is 43.3 Å². The van der Waals surface area contributed by atoms with Gasteiger partial charge in [-0.15, -0.1) is 0 Å². The summed E-state index contributed by atoms with van der Waals surface area (Å²) in [7, 11) is 0.416. The zero-order chi connectivity index (χ0) is 50.6. The quantitative estimate of drug-likeness (QED) is 0.0615. The predicted octanol–water partition coefficient (Wildman–Crippen LogP) is 9.92. The summed E-state index contributed by atoms with van der Waals surface area (Å²) in [5, 5.41) is 30.7. The van der Waals surface area contributed by atoms with Crippen LogP contribution in [0.1, 0.15) is 39.4 Å². The number of carboxylic acids is 1. The van der Waals surface area contributed by atoms with Crippen molar-refractivity contribution in [2.75, 3.05) is 27.4 Å². The SMILES string of the molecule is COc1ccccc1-c1nn(COCC[Si](C)(C)C)c2ncc(-c3cccc(C(O)C(=O)O)c3)cc12.COc1ccccc1-c1nn(COCC[Si](C)(C)C)c2ncc(B3OC(C)(C)C(C)(C)O3)cc12. The van der Waals surface area contributed by atoms with Crippen LogP contribution >= 0.6 is 0 Å². The van der Waals surface area contributed by atoms with Crippen molar-refractivity contribution in [2.45, 2.75) is 110 Å². The van der Waals surface area contributed by atoms with Gasteiger partial charge in [-0.2, -0.15) is 10.2 Å². The Labute approximate surface area is 413 Å². The number of hydrogen-bond acceptors (Lipinski definition) is 12. The number of para-hydroxylation sites is 2. The maximum atomic E-state index is 11.3. The molecule has 1 aliphatic rings. The Kier molecular flexibility index (Phi) is 15.9. The first kappa shape index (κ1) is 52.1. The lowest BCUT2D eigenvalue weighted by Crippen LogP contribution is -2.41. The van der Waals surface area contributed by atoms with Gasteiger partial charge < -0.3 is 38.5 Å². The molecule has 7 aromatic rings. The van der Waals surface area contributed by atoms with E-state index in [1.165, 1.54) is 0 Å². The van der Waals surface area contributed by atoms with Gasteiger partial charge in [-0.05, 0) is 93.4 Å². The van der Waals surface area contributed by atoms with Crippen molar-refractivity contribution >= 4 is 56.8 Å². The fraction of sp³-hybridized carbons (Fsp3) is 0.404. The third-order valence-electron chi connectivity index (χ3n) is 12.6. The summed E-state index contributed by atoms with van der Waals surface area (Å²) in [6.45, 7) is 24.2. The molecule has 1 saturated heterocycles. The molecule has 1 fully saturated rings. The number of carbonyl (C=O) groups is 1. The maximum absolute atomic E-state index is 11.3. The summed E-state index contributed by atoms with van der Waals surface area (Å²) in [5.41, 5.74) is 6.52. The van der Waals surface area contributed by atoms with Crippen LogP contribution in [0.4, 0.5) is 0 Å². The molecule has 2 N–H and O–H groups in total. The number of aliphatic hydroxyl groups is 1. The van der Waals surface area contributed by atoms with Crippen molar-refractivity contribution in [2.24, 2.45) is 0 Å². The van der Waals surface area contributed by atoms with Gasteiger partial charge in [0.1, 0.15) is 36.3 Å². The van der Waals surface area contributed by atoms with Crippen LogP contribution in [0.2, 0.25) is 51.4 Å². The van der Waals surface area contributed by atoms with Crippen molar-refractivity contribution in [1.29, 1.82) is 0 Å². The molecule has 1 unspecified atom stereocenters. The van der Waals surface area contributed by atoms with Gasteiger partial charge >= 0.3 is 13.1 Å². The van der Waals surface area contributed by atoms with Crippen LogP contribution in [-0.2, 0) is 37.0 Å². The standard InChI is InChI=1S/C27H31N3O5Si.C25H36BN3O4Si/c1-34-23-11-6-5-10-21(23)24-22-15-20(18-8-7-9-19(14-18)25(31)27(32)33)16-28-26(22)30(29-24)17-35-12-13-36(2,3)4;1-24(2)25(3,4)33-26(32-24)18-15-20-22(19-11-9-10-12-21(19)30-5)28-29(23(20)27-16-18)17-31-13-14-34(6,7)8/h5-11,14-16,25,31H,12-13,17H2,1-4H3,(H,32,33);9-12,15-16H,13-14,17H2,1-8H3. The van der Waals surface area contributed by atoms with Crippen LogP contribution in [0, 0.1) is 0 Å². The van der Waals surface area contributed by atoms with E-state index in [1.54, 1.807) is 43.3 Å². The molecular formula is C52H67BN6O9Si2. The van der Waals surface area contributed by atoms with Gasteiger partial charge in [0.25, 0.3) is 0 Å². The fourth-order valence-electron chi connectivity index (χ4n) is 7.75. The van der Waals surface area contributed by atoms with Crippen LogP contribution in [0.15, 0.2) is 97.3 Å². The number of ether oxygens (including phenoxy) is 4. The third kappa shape index (κ3) is 12.1. The third-order valence-corrected chi connectivity index (χ3v) is 16.0. The first-order valence-electron chi connectivity index (χ1n) is 23.6. The zero-order valence-electron chi connectivity index (χ0n) is 42.6. The van der Waals surface area contributed by atoms with Crippen LogP contribution < -0.4 is 14.9 Å². The molecule has 4 aromatic heterocycles. The van der Waals surface area contributed by atoms with E-state index in [0.717, 1.165) is 67.7 Å². The van der Waals surface area contributed by atoms with Crippen molar-refractivity contribution in [1.82, 2.24) is 29.5 Å². The summed E-state index contributed by atoms with van der Waals surface area (Å²) in [6, 6.07) is 28.6. The summed E-state index contributed by atoms with van der Waals surface area (Å²) in [4.78, 5) is 20.7. The first-order valence-corrected chi connectivity index (χ1v) is 31.0. The van der Waals surface area contributed by atoms with E-state index in [1.807, 2.05) is 71.5 Å². The molecule has 1 atom stereocenters. The van der Waals surface area contributed by atoms with E-state index >= 15 is 0 Å². The molecule has 15 nitrogen and oxygen atoms in total. The topological polar surface area (TPSA) is 174 Å². The normalized spacial score (nSPS) is 15.0. The van der Waals surface area contributed by atoms with E-state index in [4.69, 9.17) is 48.4 Å². The minimum absolute atomic E-state index is 0.281. The Morgan fingerprint density at radius 2 is 1.16 bits per heavy atom. The van der Waals surface area contributed by atoms with E-state index in [9.17, 15) is 15.0 Å². The average molecular weight is 987 g/mol. The number of nitrogens with zero attached hydrogens (tertiary/aromatic N) is 6. The lowest BCUT2D eigenvalue weighted by Gasteiger charge is -2.32. The van der Waals surface area contributed by atoms with Gasteiger partial charge in [0.05, 0.1) is 25.4 Å². The predicted molar refractivity (Wildman–Crippen MR) is 281 cm³/mol. The fourth-order valence-corrected chi connectivity index (χ4v) is 9.26. The van der Waals surface area contributed by atoms with Crippen LogP contribution in [0.5, 0.6) is 11.5 Å². The zero-order valence-corrected chi connectivity index (χ0v) is 44.6. The summed E-state index contributed by atoms with van der Waals surface area (Å²) < 4.78 is 39.3. The molecule has 0 saturated carbocycles. The highest BCUT2D eigenvalue weighted by Crippen LogP contribution is 2.39. The van der Waals surface area contributed by atoms with Gasteiger partial charge in [-0.25, -0.2) is 24.1 Å². The van der Waals surface area contributed by atoms with E-state index in [2.05, 4.69) is 73.0 Å². The number of fused-ring (bicyclic) bond motifs is 2. The Hall–Kier alpha value is -5.73. The minimum Gasteiger partial charge on any atom is -0.496 e. The highest BCUT2D eigenvalue weighted by molar-refractivity contribution is 6.76. The average Bonchev–Trinajstić information content (AvgIpc) is 3.95. The molecule has 5 heterocycles. The Bertz CT molecular complexity index is 2930. The molecule has 70 heavy (non-hydrogen) atoms. The molecule has 8 rings (SSSR count). The van der Waals surface area contributed by atoms with Crippen LogP contribution in [-0.4, -0.2) is 108 Å². The summed E-state index contributed by atoms with van der Waals surface area (Å²) in [5.74, 6) is 0.157. The van der Waals surface area contributed by atoms with Gasteiger partial charge in [-0.3, -0.25) is 0 Å². The van der Waals surface area contributed by atoms with E-state index in [0.29, 0.717) is 42.6 Å². The highest BCUT2D eigenvalue weighted by Gasteiger charge is 2.52. The Balaban J connectivity index is 0.000000207. The van der Waals surface area contributed by atoms with E-state index in [-0.39, 0.29) is 6.73 Å². The van der Waals surface area contributed by atoms with E-state index < -0.39 is 46.5 Å². The van der Waals surface area contributed by atoms with Crippen LogP contribution in [0.25, 0.3) is 55.7 Å². The number of carboxylic acid groups (broad SMARTS) is 1. The van der Waals surface area contributed by atoms with Gasteiger partial charge in [0, 0.05) is 74.7 Å². The molecular weight excluding hydrogens is 920 g/mol.